The van der Waals surface area contributed by atoms with Crippen LogP contribution in [0.3, 0.4) is 0 Å². The molecule has 118 valence electrons. The van der Waals surface area contributed by atoms with E-state index in [2.05, 4.69) is 25.6 Å². The van der Waals surface area contributed by atoms with E-state index in [1.807, 2.05) is 28.8 Å². The first kappa shape index (κ1) is 14.1. The normalized spacial score (nSPS) is 15.9. The molecule has 0 aromatic carbocycles. The van der Waals surface area contributed by atoms with Crippen LogP contribution in [-0.2, 0) is 0 Å². The molecule has 2 N–H and O–H groups in total. The van der Waals surface area contributed by atoms with Crippen molar-refractivity contribution < 1.29 is 4.39 Å². The monoisotopic (exact) mass is 312 g/mol. The zero-order valence-corrected chi connectivity index (χ0v) is 12.5. The third-order valence-corrected chi connectivity index (χ3v) is 4.08. The Morgan fingerprint density at radius 1 is 1.17 bits per heavy atom. The minimum Gasteiger partial charge on any atom is -0.351 e. The molecule has 0 aliphatic carbocycles. The van der Waals surface area contributed by atoms with Gasteiger partial charge in [-0.25, -0.2) is 19.3 Å². The highest BCUT2D eigenvalue weighted by Gasteiger charge is 2.17. The lowest BCUT2D eigenvalue weighted by atomic mass is 10.1. The van der Waals surface area contributed by atoms with Crippen LogP contribution in [0.5, 0.6) is 0 Å². The van der Waals surface area contributed by atoms with E-state index in [1.165, 1.54) is 6.20 Å². The molecule has 0 amide bonds. The van der Waals surface area contributed by atoms with Gasteiger partial charge in [0.25, 0.3) is 0 Å². The maximum Gasteiger partial charge on any atom is 0.223 e. The molecular weight excluding hydrogens is 295 g/mol. The predicted octanol–water partition coefficient (Wildman–Crippen LogP) is 2.09. The second-order valence-corrected chi connectivity index (χ2v) is 5.63. The molecule has 1 aliphatic rings. The van der Waals surface area contributed by atoms with Crippen LogP contribution in [0.4, 0.5) is 10.3 Å². The number of imidazole rings is 1. The molecule has 23 heavy (non-hydrogen) atoms. The molecule has 0 unspecified atom stereocenters. The first-order chi connectivity index (χ1) is 11.3. The number of hydrogen-bond donors (Lipinski definition) is 2. The van der Waals surface area contributed by atoms with Crippen molar-refractivity contribution >= 4 is 11.6 Å². The SMILES string of the molecule is Fc1cnc(NC2CCNCC2)nc1-c1cnc2ccccn12. The van der Waals surface area contributed by atoms with Gasteiger partial charge in [0.15, 0.2) is 5.82 Å². The second kappa shape index (κ2) is 5.92. The van der Waals surface area contributed by atoms with Crippen molar-refractivity contribution in [1.82, 2.24) is 24.7 Å². The molecule has 3 aromatic heterocycles. The smallest absolute Gasteiger partial charge is 0.223 e. The van der Waals surface area contributed by atoms with E-state index >= 15 is 0 Å². The molecule has 0 bridgehead atoms. The zero-order chi connectivity index (χ0) is 15.6. The largest absolute Gasteiger partial charge is 0.351 e. The number of anilines is 1. The van der Waals surface area contributed by atoms with Crippen LogP contribution in [0.15, 0.2) is 36.8 Å². The summed E-state index contributed by atoms with van der Waals surface area (Å²) in [6.07, 6.45) is 6.71. The fraction of sp³-hybridized carbons (Fsp3) is 0.312. The van der Waals surface area contributed by atoms with Crippen LogP contribution in [0, 0.1) is 5.82 Å². The van der Waals surface area contributed by atoms with Gasteiger partial charge in [-0.2, -0.15) is 0 Å². The highest BCUT2D eigenvalue weighted by atomic mass is 19.1. The van der Waals surface area contributed by atoms with Crippen LogP contribution in [-0.4, -0.2) is 38.5 Å². The summed E-state index contributed by atoms with van der Waals surface area (Å²) in [5, 5.41) is 6.61. The molecule has 0 radical (unpaired) electrons. The van der Waals surface area contributed by atoms with Crippen LogP contribution in [0.2, 0.25) is 0 Å². The summed E-state index contributed by atoms with van der Waals surface area (Å²) < 4.78 is 16.1. The van der Waals surface area contributed by atoms with E-state index in [1.54, 1.807) is 6.20 Å². The number of halogens is 1. The summed E-state index contributed by atoms with van der Waals surface area (Å²) in [5.74, 6) is 0.00527. The summed E-state index contributed by atoms with van der Waals surface area (Å²) >= 11 is 0. The number of nitrogens with zero attached hydrogens (tertiary/aromatic N) is 4. The number of piperidine rings is 1. The lowest BCUT2D eigenvalue weighted by Crippen LogP contribution is -2.35. The summed E-state index contributed by atoms with van der Waals surface area (Å²) in [6.45, 7) is 1.94. The minimum atomic E-state index is -0.452. The lowest BCUT2D eigenvalue weighted by Gasteiger charge is -2.23. The average Bonchev–Trinajstić information content (AvgIpc) is 3.01. The van der Waals surface area contributed by atoms with Crippen LogP contribution in [0.25, 0.3) is 17.0 Å². The van der Waals surface area contributed by atoms with Gasteiger partial charge in [0.2, 0.25) is 5.95 Å². The topological polar surface area (TPSA) is 67.1 Å². The van der Waals surface area contributed by atoms with E-state index < -0.39 is 5.82 Å². The van der Waals surface area contributed by atoms with E-state index in [0.717, 1.165) is 31.6 Å². The fourth-order valence-electron chi connectivity index (χ4n) is 2.87. The van der Waals surface area contributed by atoms with Gasteiger partial charge in [0.1, 0.15) is 11.3 Å². The standard InChI is InChI=1S/C16H17FN6/c17-12-9-20-16(21-11-4-6-18-7-5-11)22-15(12)13-10-19-14-3-1-2-8-23(13)14/h1-3,8-11,18H,4-7H2,(H,20,21,22). The van der Waals surface area contributed by atoms with Crippen molar-refractivity contribution in [3.05, 3.63) is 42.6 Å². The molecule has 6 nitrogen and oxygen atoms in total. The number of nitrogens with one attached hydrogen (secondary N) is 2. The summed E-state index contributed by atoms with van der Waals surface area (Å²) in [6, 6.07) is 5.96. The summed E-state index contributed by atoms with van der Waals surface area (Å²) in [7, 11) is 0. The van der Waals surface area contributed by atoms with Crippen LogP contribution in [0.1, 0.15) is 12.8 Å². The Balaban J connectivity index is 1.69. The van der Waals surface area contributed by atoms with Gasteiger partial charge in [-0.15, -0.1) is 0 Å². The molecule has 4 heterocycles. The number of rotatable bonds is 3. The Kier molecular flexibility index (Phi) is 3.63. The van der Waals surface area contributed by atoms with Crippen molar-refractivity contribution in [3.63, 3.8) is 0 Å². The number of aromatic nitrogens is 4. The Bertz CT molecular complexity index is 824. The molecular formula is C16H17FN6. The molecule has 1 fully saturated rings. The van der Waals surface area contributed by atoms with Gasteiger partial charge in [0, 0.05) is 12.2 Å². The van der Waals surface area contributed by atoms with Crippen LogP contribution < -0.4 is 10.6 Å². The summed E-state index contributed by atoms with van der Waals surface area (Å²) in [4.78, 5) is 12.7. The zero-order valence-electron chi connectivity index (χ0n) is 12.5. The minimum absolute atomic E-state index is 0.259. The molecule has 4 rings (SSSR count). The molecule has 0 spiro atoms. The predicted molar refractivity (Wildman–Crippen MR) is 85.7 cm³/mol. The van der Waals surface area contributed by atoms with Crippen LogP contribution >= 0.6 is 0 Å². The van der Waals surface area contributed by atoms with Gasteiger partial charge < -0.3 is 10.6 Å². The van der Waals surface area contributed by atoms with Gasteiger partial charge in [0.05, 0.1) is 18.1 Å². The van der Waals surface area contributed by atoms with Gasteiger partial charge in [-0.05, 0) is 38.1 Å². The lowest BCUT2D eigenvalue weighted by molar-refractivity contribution is 0.477. The first-order valence-corrected chi connectivity index (χ1v) is 7.73. The second-order valence-electron chi connectivity index (χ2n) is 5.63. The number of hydrogen-bond acceptors (Lipinski definition) is 5. The van der Waals surface area contributed by atoms with E-state index in [9.17, 15) is 4.39 Å². The number of fused-ring (bicyclic) bond motifs is 1. The Morgan fingerprint density at radius 3 is 2.91 bits per heavy atom. The van der Waals surface area contributed by atoms with Crippen molar-refractivity contribution in [3.8, 4) is 11.4 Å². The average molecular weight is 312 g/mol. The Morgan fingerprint density at radius 2 is 2.04 bits per heavy atom. The number of pyridine rings is 1. The van der Waals surface area contributed by atoms with Crippen molar-refractivity contribution in [2.45, 2.75) is 18.9 Å². The van der Waals surface area contributed by atoms with Gasteiger partial charge >= 0.3 is 0 Å². The molecule has 7 heteroatoms. The quantitative estimate of drug-likeness (QED) is 0.775. The fourth-order valence-corrected chi connectivity index (χ4v) is 2.87. The molecule has 1 aliphatic heterocycles. The van der Waals surface area contributed by atoms with Crippen molar-refractivity contribution in [2.24, 2.45) is 0 Å². The maximum atomic E-state index is 14.2. The van der Waals surface area contributed by atoms with Crippen molar-refractivity contribution in [2.75, 3.05) is 18.4 Å². The third kappa shape index (κ3) is 2.75. The van der Waals surface area contributed by atoms with Gasteiger partial charge in [-0.3, -0.25) is 4.40 Å². The maximum absolute atomic E-state index is 14.2. The molecule has 0 atom stereocenters. The highest BCUT2D eigenvalue weighted by molar-refractivity contribution is 5.61. The highest BCUT2D eigenvalue weighted by Crippen LogP contribution is 2.23. The van der Waals surface area contributed by atoms with E-state index in [-0.39, 0.29) is 5.69 Å². The van der Waals surface area contributed by atoms with Crippen molar-refractivity contribution in [1.29, 1.82) is 0 Å². The third-order valence-electron chi connectivity index (χ3n) is 4.08. The molecule has 1 saturated heterocycles. The molecule has 3 aromatic rings. The molecule has 0 saturated carbocycles. The Hall–Kier alpha value is -2.54. The Labute approximate surface area is 132 Å². The first-order valence-electron chi connectivity index (χ1n) is 7.73. The van der Waals surface area contributed by atoms with E-state index in [0.29, 0.717) is 17.7 Å². The van der Waals surface area contributed by atoms with Gasteiger partial charge in [-0.1, -0.05) is 6.07 Å². The summed E-state index contributed by atoms with van der Waals surface area (Å²) in [5.41, 5.74) is 1.64. The van der Waals surface area contributed by atoms with E-state index in [4.69, 9.17) is 0 Å².